The molecule has 0 aromatic heterocycles. The Labute approximate surface area is 173 Å². The van der Waals surface area contributed by atoms with Crippen LogP contribution < -0.4 is 0 Å². The van der Waals surface area contributed by atoms with E-state index in [0.717, 1.165) is 51.4 Å². The van der Waals surface area contributed by atoms with Gasteiger partial charge in [-0.2, -0.15) is 0 Å². The molecule has 0 bridgehead atoms. The van der Waals surface area contributed by atoms with Gasteiger partial charge in [0.05, 0.1) is 18.4 Å². The Kier molecular flexibility index (Phi) is 14.1. The van der Waals surface area contributed by atoms with Gasteiger partial charge in [-0.1, -0.05) is 85.0 Å². The molecule has 1 fully saturated rings. The van der Waals surface area contributed by atoms with Crippen LogP contribution in [0.15, 0.2) is 0 Å². The number of unbranched alkanes of at least 4 members (excludes halogenated alkanes) is 8. The summed E-state index contributed by atoms with van der Waals surface area (Å²) in [5.74, 6) is -1.01. The smallest absolute Gasteiger partial charge is 0.310 e. The van der Waals surface area contributed by atoms with Gasteiger partial charge in [-0.25, -0.2) is 0 Å². The lowest BCUT2D eigenvalue weighted by Gasteiger charge is -2.29. The standard InChI is InChI=1S/C24H44O4/c1-4-7-8-9-10-11-12-13-16-19-27-23(25)21-17-14-15-18-22(21)24(26)28-20(5-2)6-3/h20-22H,4-19H2,1-3H3. The zero-order valence-corrected chi connectivity index (χ0v) is 18.7. The molecule has 0 amide bonds. The van der Waals surface area contributed by atoms with Crippen molar-refractivity contribution in [3.8, 4) is 0 Å². The highest BCUT2D eigenvalue weighted by Gasteiger charge is 2.38. The molecule has 1 aliphatic carbocycles. The third kappa shape index (κ3) is 9.93. The van der Waals surface area contributed by atoms with Crippen LogP contribution in [0.2, 0.25) is 0 Å². The van der Waals surface area contributed by atoms with Gasteiger partial charge < -0.3 is 9.47 Å². The van der Waals surface area contributed by atoms with E-state index in [9.17, 15) is 9.59 Å². The molecule has 0 aliphatic heterocycles. The Balaban J connectivity index is 2.24. The topological polar surface area (TPSA) is 52.6 Å². The second-order valence-electron chi connectivity index (χ2n) is 8.37. The third-order valence-electron chi connectivity index (χ3n) is 6.06. The predicted molar refractivity (Wildman–Crippen MR) is 114 cm³/mol. The van der Waals surface area contributed by atoms with Crippen LogP contribution >= 0.6 is 0 Å². The predicted octanol–water partition coefficient (Wildman–Crippen LogP) is 6.60. The number of rotatable bonds is 15. The summed E-state index contributed by atoms with van der Waals surface area (Å²) in [7, 11) is 0. The van der Waals surface area contributed by atoms with Crippen LogP contribution in [-0.4, -0.2) is 24.6 Å². The van der Waals surface area contributed by atoms with Crippen LogP contribution in [0.3, 0.4) is 0 Å². The number of carbonyl (C=O) groups excluding carboxylic acids is 2. The number of carbonyl (C=O) groups is 2. The van der Waals surface area contributed by atoms with E-state index in [1.54, 1.807) is 0 Å². The van der Waals surface area contributed by atoms with Crippen molar-refractivity contribution >= 4 is 11.9 Å². The van der Waals surface area contributed by atoms with Crippen molar-refractivity contribution in [1.29, 1.82) is 0 Å². The zero-order chi connectivity index (χ0) is 20.6. The summed E-state index contributed by atoms with van der Waals surface area (Å²) in [4.78, 5) is 25.1. The molecular weight excluding hydrogens is 352 g/mol. The lowest BCUT2D eigenvalue weighted by molar-refractivity contribution is -0.166. The first-order valence-electron chi connectivity index (χ1n) is 12.0. The molecule has 1 rings (SSSR count). The largest absolute Gasteiger partial charge is 0.465 e. The normalized spacial score (nSPS) is 19.6. The van der Waals surface area contributed by atoms with Crippen molar-refractivity contribution in [3.63, 3.8) is 0 Å². The van der Waals surface area contributed by atoms with Gasteiger partial charge in [0.1, 0.15) is 6.10 Å². The van der Waals surface area contributed by atoms with Gasteiger partial charge in [0.25, 0.3) is 0 Å². The molecule has 0 saturated heterocycles. The maximum absolute atomic E-state index is 12.6. The molecule has 0 aromatic rings. The third-order valence-corrected chi connectivity index (χ3v) is 6.06. The molecule has 2 unspecified atom stereocenters. The van der Waals surface area contributed by atoms with Gasteiger partial charge in [-0.15, -0.1) is 0 Å². The first-order valence-corrected chi connectivity index (χ1v) is 12.0. The SMILES string of the molecule is CCCCCCCCCCCOC(=O)C1CCCCC1C(=O)OC(CC)CC. The Bertz CT molecular complexity index is 417. The average Bonchev–Trinajstić information content (AvgIpc) is 2.73. The molecule has 164 valence electrons. The van der Waals surface area contributed by atoms with Gasteiger partial charge in [-0.3, -0.25) is 9.59 Å². The van der Waals surface area contributed by atoms with Crippen LogP contribution in [0.25, 0.3) is 0 Å². The van der Waals surface area contributed by atoms with Crippen molar-refractivity contribution in [2.45, 2.75) is 123 Å². The first-order chi connectivity index (χ1) is 13.6. The van der Waals surface area contributed by atoms with Crippen LogP contribution in [0.1, 0.15) is 117 Å². The molecule has 0 aromatic carbocycles. The summed E-state index contributed by atoms with van der Waals surface area (Å²) in [6.45, 7) is 6.78. The van der Waals surface area contributed by atoms with Crippen molar-refractivity contribution in [1.82, 2.24) is 0 Å². The maximum Gasteiger partial charge on any atom is 0.310 e. The Morgan fingerprint density at radius 2 is 1.25 bits per heavy atom. The van der Waals surface area contributed by atoms with E-state index in [4.69, 9.17) is 9.47 Å². The quantitative estimate of drug-likeness (QED) is 0.231. The van der Waals surface area contributed by atoms with E-state index in [1.165, 1.54) is 44.9 Å². The van der Waals surface area contributed by atoms with E-state index >= 15 is 0 Å². The van der Waals surface area contributed by atoms with E-state index in [1.807, 2.05) is 13.8 Å². The van der Waals surface area contributed by atoms with Crippen molar-refractivity contribution in [2.75, 3.05) is 6.61 Å². The zero-order valence-electron chi connectivity index (χ0n) is 18.7. The first kappa shape index (κ1) is 25.0. The fraction of sp³-hybridized carbons (Fsp3) is 0.917. The summed E-state index contributed by atoms with van der Waals surface area (Å²) in [5.41, 5.74) is 0. The summed E-state index contributed by atoms with van der Waals surface area (Å²) >= 11 is 0. The highest BCUT2D eigenvalue weighted by molar-refractivity contribution is 5.82. The molecular formula is C24H44O4. The van der Waals surface area contributed by atoms with Crippen molar-refractivity contribution < 1.29 is 19.1 Å². The number of esters is 2. The van der Waals surface area contributed by atoms with Crippen LogP contribution in [0.5, 0.6) is 0 Å². The molecule has 4 nitrogen and oxygen atoms in total. The number of ether oxygens (including phenoxy) is 2. The summed E-state index contributed by atoms with van der Waals surface area (Å²) in [5, 5.41) is 0. The van der Waals surface area contributed by atoms with Gasteiger partial charge in [0.2, 0.25) is 0 Å². The van der Waals surface area contributed by atoms with Gasteiger partial charge in [0, 0.05) is 0 Å². The van der Waals surface area contributed by atoms with E-state index < -0.39 is 0 Å². The van der Waals surface area contributed by atoms with E-state index in [2.05, 4.69) is 6.92 Å². The monoisotopic (exact) mass is 396 g/mol. The highest BCUT2D eigenvalue weighted by atomic mass is 16.5. The molecule has 0 heterocycles. The Morgan fingerprint density at radius 1 is 0.750 bits per heavy atom. The van der Waals surface area contributed by atoms with E-state index in [0.29, 0.717) is 6.61 Å². The molecule has 1 aliphatic rings. The minimum Gasteiger partial charge on any atom is -0.465 e. The minimum absolute atomic E-state index is 0.0342. The fourth-order valence-corrected chi connectivity index (χ4v) is 4.09. The van der Waals surface area contributed by atoms with Crippen LogP contribution in [0.4, 0.5) is 0 Å². The van der Waals surface area contributed by atoms with Gasteiger partial charge in [0.15, 0.2) is 0 Å². The second kappa shape index (κ2) is 15.8. The Hall–Kier alpha value is -1.06. The summed E-state index contributed by atoms with van der Waals surface area (Å²) < 4.78 is 11.2. The maximum atomic E-state index is 12.6. The molecule has 0 spiro atoms. The van der Waals surface area contributed by atoms with Gasteiger partial charge >= 0.3 is 11.9 Å². The lowest BCUT2D eigenvalue weighted by Crippen LogP contribution is -2.36. The summed E-state index contributed by atoms with van der Waals surface area (Å²) in [6, 6.07) is 0. The molecule has 2 atom stereocenters. The molecule has 0 radical (unpaired) electrons. The van der Waals surface area contributed by atoms with Crippen LogP contribution in [0, 0.1) is 11.8 Å². The molecule has 4 heteroatoms. The second-order valence-corrected chi connectivity index (χ2v) is 8.37. The lowest BCUT2D eigenvalue weighted by atomic mass is 9.79. The van der Waals surface area contributed by atoms with E-state index in [-0.39, 0.29) is 29.9 Å². The molecule has 1 saturated carbocycles. The number of hydrogen-bond donors (Lipinski definition) is 0. The average molecular weight is 397 g/mol. The van der Waals surface area contributed by atoms with Crippen molar-refractivity contribution in [3.05, 3.63) is 0 Å². The minimum atomic E-state index is -0.315. The molecule has 28 heavy (non-hydrogen) atoms. The molecule has 0 N–H and O–H groups in total. The fourth-order valence-electron chi connectivity index (χ4n) is 4.09. The number of hydrogen-bond acceptors (Lipinski definition) is 4. The van der Waals surface area contributed by atoms with Gasteiger partial charge in [-0.05, 0) is 32.1 Å². The Morgan fingerprint density at radius 3 is 1.79 bits per heavy atom. The van der Waals surface area contributed by atoms with Crippen LogP contribution in [-0.2, 0) is 19.1 Å². The summed E-state index contributed by atoms with van der Waals surface area (Å²) in [6.07, 6.45) is 16.3. The van der Waals surface area contributed by atoms with Crippen molar-refractivity contribution in [2.24, 2.45) is 11.8 Å². The highest BCUT2D eigenvalue weighted by Crippen LogP contribution is 2.32.